The Morgan fingerprint density at radius 1 is 1.35 bits per heavy atom. The average molecular weight is 419 g/mol. The Labute approximate surface area is 164 Å². The third kappa shape index (κ3) is 3.89. The molecular formula is C17H23ClN2O4S2. The lowest BCUT2D eigenvalue weighted by Gasteiger charge is -2.37. The van der Waals surface area contributed by atoms with Crippen LogP contribution in [0.1, 0.15) is 30.4 Å². The number of halogens is 1. The second-order valence-corrected chi connectivity index (χ2v) is 9.10. The molecule has 6 nitrogen and oxygen atoms in total. The zero-order chi connectivity index (χ0) is 18.2. The van der Waals surface area contributed by atoms with Crippen molar-refractivity contribution in [2.45, 2.75) is 37.8 Å². The van der Waals surface area contributed by atoms with Crippen LogP contribution in [0.25, 0.3) is 10.1 Å². The number of fused-ring (bicyclic) bond motifs is 1. The summed E-state index contributed by atoms with van der Waals surface area (Å²) in [5.74, 6) is -0.377. The van der Waals surface area contributed by atoms with Crippen LogP contribution in [0.3, 0.4) is 0 Å². The van der Waals surface area contributed by atoms with Crippen LogP contribution in [-0.2, 0) is 14.8 Å². The number of ether oxygens (including phenoxy) is 1. The molecule has 1 aliphatic rings. The summed E-state index contributed by atoms with van der Waals surface area (Å²) < 4.78 is 33.5. The number of nitrogens with one attached hydrogen (secondary N) is 1. The quantitative estimate of drug-likeness (QED) is 0.772. The van der Waals surface area contributed by atoms with Gasteiger partial charge in [-0.2, -0.15) is 4.31 Å². The smallest absolute Gasteiger partial charge is 0.348 e. The first kappa shape index (κ1) is 21.1. The summed E-state index contributed by atoms with van der Waals surface area (Å²) >= 11 is 1.31. The van der Waals surface area contributed by atoms with E-state index in [0.717, 1.165) is 10.1 Å². The Balaban J connectivity index is 0.00000243. The number of sulfonamides is 1. The third-order valence-electron chi connectivity index (χ3n) is 4.55. The molecule has 0 bridgehead atoms. The van der Waals surface area contributed by atoms with Crippen LogP contribution in [-0.4, -0.2) is 50.5 Å². The summed E-state index contributed by atoms with van der Waals surface area (Å²) in [5.41, 5.74) is 0. The number of thiophene rings is 1. The van der Waals surface area contributed by atoms with E-state index < -0.39 is 10.0 Å². The van der Waals surface area contributed by atoms with Gasteiger partial charge in [0.15, 0.2) is 0 Å². The first-order valence-electron chi connectivity index (χ1n) is 8.30. The average Bonchev–Trinajstić information content (AvgIpc) is 3.00. The highest BCUT2D eigenvalue weighted by Crippen LogP contribution is 2.30. The maximum Gasteiger partial charge on any atom is 0.348 e. The molecule has 2 heterocycles. The largest absolute Gasteiger partial charge is 0.462 e. The third-order valence-corrected chi connectivity index (χ3v) is 7.63. The number of hydrogen-bond acceptors (Lipinski definition) is 6. The molecule has 9 heteroatoms. The van der Waals surface area contributed by atoms with Gasteiger partial charge in [-0.1, -0.05) is 0 Å². The van der Waals surface area contributed by atoms with Crippen molar-refractivity contribution in [3.05, 3.63) is 29.1 Å². The minimum absolute atomic E-state index is 0. The van der Waals surface area contributed by atoms with E-state index in [2.05, 4.69) is 5.32 Å². The number of hydrogen-bond donors (Lipinski definition) is 1. The van der Waals surface area contributed by atoms with Gasteiger partial charge in [-0.15, -0.1) is 23.7 Å². The van der Waals surface area contributed by atoms with E-state index in [1.54, 1.807) is 35.5 Å². The molecule has 1 N–H and O–H groups in total. The van der Waals surface area contributed by atoms with Crippen molar-refractivity contribution in [3.8, 4) is 0 Å². The number of benzene rings is 1. The van der Waals surface area contributed by atoms with Crippen LogP contribution in [0.2, 0.25) is 0 Å². The number of nitrogens with zero attached hydrogens (tertiary/aromatic N) is 1. The fraction of sp³-hybridized carbons (Fsp3) is 0.471. The van der Waals surface area contributed by atoms with E-state index in [-0.39, 0.29) is 35.4 Å². The first-order chi connectivity index (χ1) is 11.8. The molecule has 1 aliphatic heterocycles. The minimum Gasteiger partial charge on any atom is -0.462 e. The molecular weight excluding hydrogens is 396 g/mol. The van der Waals surface area contributed by atoms with Gasteiger partial charge in [0.25, 0.3) is 0 Å². The van der Waals surface area contributed by atoms with E-state index in [1.807, 2.05) is 13.8 Å². The summed E-state index contributed by atoms with van der Waals surface area (Å²) in [4.78, 5) is 12.6. The van der Waals surface area contributed by atoms with Gasteiger partial charge in [-0.25, -0.2) is 13.2 Å². The van der Waals surface area contributed by atoms with Gasteiger partial charge in [0, 0.05) is 29.9 Å². The van der Waals surface area contributed by atoms with Gasteiger partial charge < -0.3 is 10.1 Å². The Morgan fingerprint density at radius 2 is 2.08 bits per heavy atom. The predicted molar refractivity (Wildman–Crippen MR) is 106 cm³/mol. The highest BCUT2D eigenvalue weighted by atomic mass is 35.5. The first-order valence-corrected chi connectivity index (χ1v) is 10.6. The van der Waals surface area contributed by atoms with Crippen LogP contribution in [0.15, 0.2) is 29.2 Å². The summed E-state index contributed by atoms with van der Waals surface area (Å²) in [6, 6.07) is 6.69. The topological polar surface area (TPSA) is 75.7 Å². The Hall–Kier alpha value is -1.19. The van der Waals surface area contributed by atoms with Crippen molar-refractivity contribution in [1.82, 2.24) is 9.62 Å². The minimum atomic E-state index is -3.58. The Morgan fingerprint density at radius 3 is 2.77 bits per heavy atom. The molecule has 1 fully saturated rings. The number of carbonyl (C=O) groups excluding carboxylic acids is 1. The molecule has 2 aromatic rings. The van der Waals surface area contributed by atoms with Crippen LogP contribution >= 0.6 is 23.7 Å². The van der Waals surface area contributed by atoms with Gasteiger partial charge in [0.1, 0.15) is 4.88 Å². The molecule has 0 aliphatic carbocycles. The molecule has 1 saturated heterocycles. The molecule has 0 radical (unpaired) electrons. The zero-order valence-electron chi connectivity index (χ0n) is 14.9. The molecule has 26 heavy (non-hydrogen) atoms. The zero-order valence-corrected chi connectivity index (χ0v) is 17.3. The standard InChI is InChI=1S/C17H22N2O4S2.ClH/c1-4-23-17(20)16-10-13-9-14(5-6-15(13)24-16)25(21,22)19-8-7-18-11(2)12(19)3;/h5-6,9-12,18H,4,7-8H2,1-3H3;1H. The summed E-state index contributed by atoms with van der Waals surface area (Å²) in [5, 5.41) is 4.03. The maximum atomic E-state index is 13.0. The number of rotatable bonds is 4. The molecule has 3 rings (SSSR count). The Bertz CT molecular complexity index is 897. The number of esters is 1. The van der Waals surface area contributed by atoms with Crippen LogP contribution in [0.4, 0.5) is 0 Å². The summed E-state index contributed by atoms with van der Waals surface area (Å²) in [7, 11) is -3.58. The van der Waals surface area contributed by atoms with E-state index in [9.17, 15) is 13.2 Å². The lowest BCUT2D eigenvalue weighted by Crippen LogP contribution is -2.57. The maximum absolute atomic E-state index is 13.0. The van der Waals surface area contributed by atoms with Gasteiger partial charge >= 0.3 is 5.97 Å². The van der Waals surface area contributed by atoms with Crippen LogP contribution in [0.5, 0.6) is 0 Å². The van der Waals surface area contributed by atoms with E-state index in [1.165, 1.54) is 11.3 Å². The van der Waals surface area contributed by atoms with Crippen molar-refractivity contribution < 1.29 is 17.9 Å². The van der Waals surface area contributed by atoms with E-state index >= 15 is 0 Å². The normalized spacial score (nSPS) is 21.3. The van der Waals surface area contributed by atoms with Crippen molar-refractivity contribution in [2.24, 2.45) is 0 Å². The fourth-order valence-corrected chi connectivity index (χ4v) is 5.66. The molecule has 0 saturated carbocycles. The monoisotopic (exact) mass is 418 g/mol. The molecule has 1 aromatic carbocycles. The van der Waals surface area contributed by atoms with Crippen LogP contribution < -0.4 is 5.32 Å². The van der Waals surface area contributed by atoms with Gasteiger partial charge in [0.2, 0.25) is 10.0 Å². The van der Waals surface area contributed by atoms with E-state index in [0.29, 0.717) is 24.6 Å². The fourth-order valence-electron chi connectivity index (χ4n) is 2.99. The highest BCUT2D eigenvalue weighted by molar-refractivity contribution is 7.89. The molecule has 0 amide bonds. The van der Waals surface area contributed by atoms with Gasteiger partial charge in [-0.3, -0.25) is 0 Å². The number of piperazine rings is 1. The van der Waals surface area contributed by atoms with Crippen molar-refractivity contribution in [1.29, 1.82) is 0 Å². The van der Waals surface area contributed by atoms with Gasteiger partial charge in [0.05, 0.1) is 11.5 Å². The van der Waals surface area contributed by atoms with Crippen LogP contribution in [0, 0.1) is 0 Å². The lowest BCUT2D eigenvalue weighted by molar-refractivity contribution is 0.0532. The van der Waals surface area contributed by atoms with Gasteiger partial charge in [-0.05, 0) is 50.4 Å². The second-order valence-electron chi connectivity index (χ2n) is 6.13. The SMILES string of the molecule is CCOC(=O)c1cc2cc(S(=O)(=O)N3CCNC(C)C3C)ccc2s1.Cl. The summed E-state index contributed by atoms with van der Waals surface area (Å²) in [6.07, 6.45) is 0. The number of carbonyl (C=O) groups is 1. The molecule has 0 spiro atoms. The van der Waals surface area contributed by atoms with E-state index in [4.69, 9.17) is 4.74 Å². The van der Waals surface area contributed by atoms with Crippen molar-refractivity contribution in [3.63, 3.8) is 0 Å². The molecule has 1 aromatic heterocycles. The van der Waals surface area contributed by atoms with Crippen molar-refractivity contribution in [2.75, 3.05) is 19.7 Å². The summed E-state index contributed by atoms with van der Waals surface area (Å²) in [6.45, 7) is 7.05. The second kappa shape index (κ2) is 8.22. The highest BCUT2D eigenvalue weighted by Gasteiger charge is 2.34. The molecule has 2 unspecified atom stereocenters. The lowest BCUT2D eigenvalue weighted by atomic mass is 10.1. The van der Waals surface area contributed by atoms with Crippen molar-refractivity contribution >= 4 is 49.8 Å². The molecule has 144 valence electrons. The predicted octanol–water partition coefficient (Wildman–Crippen LogP) is 2.87. The molecule has 2 atom stereocenters. The Kier molecular flexibility index (Phi) is 6.68.